The Kier molecular flexibility index (Phi) is 11.1. The van der Waals surface area contributed by atoms with Gasteiger partial charge in [0.2, 0.25) is 0 Å². The van der Waals surface area contributed by atoms with Crippen molar-refractivity contribution >= 4 is 71.3 Å². The summed E-state index contributed by atoms with van der Waals surface area (Å²) in [6, 6.07) is 24.1. The van der Waals surface area contributed by atoms with Crippen molar-refractivity contribution in [2.24, 2.45) is 0 Å². The summed E-state index contributed by atoms with van der Waals surface area (Å²) in [5.41, 5.74) is 14.3. The fourth-order valence-corrected chi connectivity index (χ4v) is 19.8. The third kappa shape index (κ3) is 6.94. The zero-order valence-electron chi connectivity index (χ0n) is 32.8. The molecule has 0 amide bonds. The minimum atomic E-state index is -2.06. The van der Waals surface area contributed by atoms with Crippen molar-refractivity contribution in [2.75, 3.05) is 0 Å². The minimum absolute atomic E-state index is 0.513. The highest BCUT2D eigenvalue weighted by molar-refractivity contribution is 6.91. The molecule has 0 heterocycles. The first-order valence-electron chi connectivity index (χ1n) is 18.9. The topological polar surface area (TPSA) is 37.3 Å². The molecule has 0 aromatic heterocycles. The largest absolute Gasteiger partial charge is 0.478 e. The number of fused-ring (bicyclic) bond motifs is 4. The molecule has 0 aliphatic rings. The van der Waals surface area contributed by atoms with E-state index in [0.29, 0.717) is 33.2 Å². The van der Waals surface area contributed by atoms with Crippen LogP contribution in [0.15, 0.2) is 72.8 Å². The first-order valence-corrected chi connectivity index (χ1v) is 23.3. The van der Waals surface area contributed by atoms with Gasteiger partial charge in [-0.05, 0) is 118 Å². The lowest BCUT2D eigenvalue weighted by atomic mass is 9.88. The summed E-state index contributed by atoms with van der Waals surface area (Å²) in [6.45, 7) is 28.5. The molecule has 5 aromatic rings. The number of carbonyl (C=O) groups is 1. The van der Waals surface area contributed by atoms with Gasteiger partial charge in [0, 0.05) is 17.2 Å². The summed E-state index contributed by atoms with van der Waals surface area (Å²) >= 11 is 0. The van der Waals surface area contributed by atoms with Crippen LogP contribution in [0.4, 0.5) is 0 Å². The zero-order valence-corrected chi connectivity index (χ0v) is 34.8. The monoisotopic (exact) mass is 708 g/mol. The number of rotatable bonds is 8. The summed E-state index contributed by atoms with van der Waals surface area (Å²) < 4.78 is 0. The van der Waals surface area contributed by atoms with Crippen LogP contribution in [-0.4, -0.2) is 27.2 Å². The van der Waals surface area contributed by atoms with Gasteiger partial charge in [0.05, 0.1) is 0 Å². The Morgan fingerprint density at radius 1 is 0.529 bits per heavy atom. The van der Waals surface area contributed by atoms with Gasteiger partial charge in [-0.3, -0.25) is 0 Å². The maximum atomic E-state index is 11.4. The van der Waals surface area contributed by atoms with Crippen molar-refractivity contribution in [3.8, 4) is 22.9 Å². The van der Waals surface area contributed by atoms with Gasteiger partial charge in [0.15, 0.2) is 0 Å². The van der Waals surface area contributed by atoms with Gasteiger partial charge >= 0.3 is 5.97 Å². The van der Waals surface area contributed by atoms with E-state index in [4.69, 9.17) is 0 Å². The summed E-state index contributed by atoms with van der Waals surface area (Å²) in [7, 11) is -4.11. The molecule has 0 saturated carbocycles. The van der Waals surface area contributed by atoms with Crippen LogP contribution in [0.1, 0.15) is 99.8 Å². The minimum Gasteiger partial charge on any atom is -0.478 e. The molecule has 0 radical (unpaired) electrons. The molecule has 5 rings (SSSR count). The molecule has 0 unspecified atom stereocenters. The fourth-order valence-electron chi connectivity index (χ4n) is 9.42. The molecule has 4 heteroatoms. The second-order valence-corrected chi connectivity index (χ2v) is 27.6. The molecule has 0 bridgehead atoms. The highest BCUT2D eigenvalue weighted by Crippen LogP contribution is 2.44. The van der Waals surface area contributed by atoms with Crippen LogP contribution in [0.5, 0.6) is 0 Å². The van der Waals surface area contributed by atoms with Gasteiger partial charge < -0.3 is 5.11 Å². The first-order chi connectivity index (χ1) is 24.0. The van der Waals surface area contributed by atoms with Crippen molar-refractivity contribution < 1.29 is 9.90 Å². The maximum Gasteiger partial charge on any atom is 0.328 e. The Morgan fingerprint density at radius 2 is 0.882 bits per heavy atom. The number of hydrogen-bond donors (Lipinski definition) is 1. The van der Waals surface area contributed by atoms with Crippen LogP contribution in [0.25, 0.3) is 49.2 Å². The lowest BCUT2D eigenvalue weighted by Crippen LogP contribution is -2.43. The van der Waals surface area contributed by atoms with Crippen LogP contribution >= 0.6 is 0 Å². The van der Waals surface area contributed by atoms with E-state index in [9.17, 15) is 9.90 Å². The van der Waals surface area contributed by atoms with Gasteiger partial charge in [0.1, 0.15) is 16.1 Å². The van der Waals surface area contributed by atoms with Crippen molar-refractivity contribution in [1.29, 1.82) is 0 Å². The lowest BCUT2D eigenvalue weighted by Gasteiger charge is -2.38. The smallest absolute Gasteiger partial charge is 0.328 e. The van der Waals surface area contributed by atoms with Crippen molar-refractivity contribution in [1.82, 2.24) is 0 Å². The molecule has 2 nitrogen and oxygen atoms in total. The number of carboxylic acids is 1. The van der Waals surface area contributed by atoms with Gasteiger partial charge in [-0.25, -0.2) is 4.79 Å². The standard InChI is InChI=1S/C47H56O2Si2/c1-30(2)50(31(3)4,32(5)6)23-21-41-43-26-37-15-13-14-16-38(37)27-44(43)42(22-24-51(33(7)8,34(9)10)35(11)12)46-29-40-25-36(18-20-47(48)49)17-19-39(40)28-45(41)46/h13-20,25-35H,1-12H3,(H,48,49). The van der Waals surface area contributed by atoms with Gasteiger partial charge in [0.25, 0.3) is 0 Å². The quantitative estimate of drug-likeness (QED) is 0.0754. The van der Waals surface area contributed by atoms with E-state index < -0.39 is 22.1 Å². The Hall–Kier alpha value is -4.10. The van der Waals surface area contributed by atoms with Crippen LogP contribution in [0.3, 0.4) is 0 Å². The Balaban J connectivity index is 2.03. The van der Waals surface area contributed by atoms with E-state index in [0.717, 1.165) is 43.6 Å². The van der Waals surface area contributed by atoms with Gasteiger partial charge in [-0.1, -0.05) is 131 Å². The molecule has 264 valence electrons. The van der Waals surface area contributed by atoms with Crippen LogP contribution in [0.2, 0.25) is 33.2 Å². The summed E-state index contributed by atoms with van der Waals surface area (Å²) in [4.78, 5) is 11.4. The molecular formula is C47H56O2Si2. The predicted octanol–water partition coefficient (Wildman–Crippen LogP) is 13.5. The normalized spacial score (nSPS) is 12.7. The summed E-state index contributed by atoms with van der Waals surface area (Å²) in [6.07, 6.45) is 2.87. The average Bonchev–Trinajstić information content (AvgIpc) is 3.05. The summed E-state index contributed by atoms with van der Waals surface area (Å²) in [5, 5.41) is 18.5. The molecular weight excluding hydrogens is 653 g/mol. The van der Waals surface area contributed by atoms with E-state index in [1.807, 2.05) is 6.07 Å². The Morgan fingerprint density at radius 3 is 1.24 bits per heavy atom. The maximum absolute atomic E-state index is 11.4. The highest BCUT2D eigenvalue weighted by atomic mass is 28.3. The van der Waals surface area contributed by atoms with E-state index in [-0.39, 0.29) is 0 Å². The summed E-state index contributed by atoms with van der Waals surface area (Å²) in [5.74, 6) is 6.92. The highest BCUT2D eigenvalue weighted by Gasteiger charge is 2.43. The van der Waals surface area contributed by atoms with E-state index in [1.165, 1.54) is 22.2 Å². The number of benzene rings is 5. The predicted molar refractivity (Wildman–Crippen MR) is 229 cm³/mol. The third-order valence-electron chi connectivity index (χ3n) is 11.9. The number of aliphatic carboxylic acids is 1. The fraction of sp³-hybridized carbons (Fsp3) is 0.383. The van der Waals surface area contributed by atoms with Crippen LogP contribution in [0, 0.1) is 22.9 Å². The molecule has 0 fully saturated rings. The second kappa shape index (κ2) is 14.9. The van der Waals surface area contributed by atoms with Gasteiger partial charge in [-0.2, -0.15) is 0 Å². The zero-order chi connectivity index (χ0) is 37.4. The molecule has 1 N–H and O–H groups in total. The average molecular weight is 709 g/mol. The molecule has 51 heavy (non-hydrogen) atoms. The molecule has 0 atom stereocenters. The lowest BCUT2D eigenvalue weighted by molar-refractivity contribution is -0.131. The Bertz CT molecular complexity index is 2240. The first kappa shape index (κ1) is 38.1. The van der Waals surface area contributed by atoms with Gasteiger partial charge in [-0.15, -0.1) is 11.1 Å². The second-order valence-electron chi connectivity index (χ2n) is 16.5. The molecule has 5 aromatic carbocycles. The van der Waals surface area contributed by atoms with Crippen molar-refractivity contribution in [3.05, 3.63) is 89.5 Å². The van der Waals surface area contributed by atoms with E-state index >= 15 is 0 Å². The van der Waals surface area contributed by atoms with Crippen LogP contribution in [-0.2, 0) is 4.79 Å². The SMILES string of the molecule is CC(C)[Si](C#Cc1c2cc3ccccc3cc2c(C#C[Si](C(C)C)(C(C)C)C(C)C)c2cc3cc(C=CC(=O)O)ccc3cc12)(C(C)C)C(C)C. The van der Waals surface area contributed by atoms with Crippen molar-refractivity contribution in [2.45, 2.75) is 116 Å². The van der Waals surface area contributed by atoms with Crippen LogP contribution < -0.4 is 0 Å². The molecule has 0 aliphatic heterocycles. The number of hydrogen-bond acceptors (Lipinski definition) is 1. The molecule has 0 aliphatic carbocycles. The van der Waals surface area contributed by atoms with E-state index in [1.54, 1.807) is 6.08 Å². The van der Waals surface area contributed by atoms with Crippen molar-refractivity contribution in [3.63, 3.8) is 0 Å². The molecule has 0 spiro atoms. The number of carboxylic acid groups (broad SMARTS) is 1. The Labute approximate surface area is 308 Å². The molecule has 0 saturated heterocycles. The third-order valence-corrected chi connectivity index (χ3v) is 24.5. The van der Waals surface area contributed by atoms with E-state index in [2.05, 4.69) is 167 Å².